The van der Waals surface area contributed by atoms with Crippen molar-refractivity contribution >= 4 is 34.2 Å². The van der Waals surface area contributed by atoms with Gasteiger partial charge in [0.25, 0.3) is 5.91 Å². The SMILES string of the molecule is CCCCCCCCCCC=CC1CC(=O)N(c2cc(C(=O)NCCCCOc3ccc(C(C)(C)CC)cc3C(C)(C)CC)c(O)c3ccccc23)C1=O. The molecule has 294 valence electrons. The molecule has 1 aliphatic heterocycles. The van der Waals surface area contributed by atoms with E-state index in [1.54, 1.807) is 24.3 Å². The van der Waals surface area contributed by atoms with Gasteiger partial charge in [-0.15, -0.1) is 0 Å². The number of anilines is 1. The summed E-state index contributed by atoms with van der Waals surface area (Å²) in [7, 11) is 0. The second-order valence-electron chi connectivity index (χ2n) is 16.4. The van der Waals surface area contributed by atoms with Gasteiger partial charge in [-0.05, 0) is 67.1 Å². The third-order valence-corrected chi connectivity index (χ3v) is 11.6. The molecule has 7 nitrogen and oxygen atoms in total. The number of nitrogens with one attached hydrogen (secondary N) is 1. The largest absolute Gasteiger partial charge is 0.506 e. The summed E-state index contributed by atoms with van der Waals surface area (Å²) in [5.74, 6) is -0.868. The van der Waals surface area contributed by atoms with Gasteiger partial charge in [-0.25, -0.2) is 4.90 Å². The molecular formula is C47H66N2O5. The van der Waals surface area contributed by atoms with Gasteiger partial charge in [0.2, 0.25) is 11.8 Å². The monoisotopic (exact) mass is 738 g/mol. The number of amides is 3. The fraction of sp³-hybridized carbons (Fsp3) is 0.553. The molecule has 4 rings (SSSR count). The zero-order valence-corrected chi connectivity index (χ0v) is 34.2. The summed E-state index contributed by atoms with van der Waals surface area (Å²) in [6.07, 6.45) is 18.3. The molecule has 3 aromatic rings. The Morgan fingerprint density at radius 2 is 1.52 bits per heavy atom. The Morgan fingerprint density at radius 1 is 0.852 bits per heavy atom. The second-order valence-corrected chi connectivity index (χ2v) is 16.4. The molecule has 7 heteroatoms. The second kappa shape index (κ2) is 20.0. The lowest BCUT2D eigenvalue weighted by molar-refractivity contribution is -0.121. The highest BCUT2D eigenvalue weighted by Crippen LogP contribution is 2.40. The van der Waals surface area contributed by atoms with Crippen LogP contribution >= 0.6 is 0 Å². The van der Waals surface area contributed by atoms with Crippen molar-refractivity contribution in [2.24, 2.45) is 5.92 Å². The number of allylic oxidation sites excluding steroid dienone is 1. The highest BCUT2D eigenvalue weighted by atomic mass is 16.5. The first-order valence-corrected chi connectivity index (χ1v) is 20.7. The Bertz CT molecular complexity index is 1760. The van der Waals surface area contributed by atoms with Crippen molar-refractivity contribution in [3.05, 3.63) is 77.4 Å². The van der Waals surface area contributed by atoms with Crippen molar-refractivity contribution in [3.63, 3.8) is 0 Å². The highest BCUT2D eigenvalue weighted by Gasteiger charge is 2.39. The molecule has 2 N–H and O–H groups in total. The number of aromatic hydroxyl groups is 1. The summed E-state index contributed by atoms with van der Waals surface area (Å²) in [5.41, 5.74) is 2.96. The minimum Gasteiger partial charge on any atom is -0.506 e. The summed E-state index contributed by atoms with van der Waals surface area (Å²) >= 11 is 0. The van der Waals surface area contributed by atoms with Gasteiger partial charge in [-0.1, -0.05) is 142 Å². The summed E-state index contributed by atoms with van der Waals surface area (Å²) < 4.78 is 6.32. The van der Waals surface area contributed by atoms with Gasteiger partial charge in [0, 0.05) is 29.3 Å². The van der Waals surface area contributed by atoms with E-state index in [-0.39, 0.29) is 40.4 Å². The molecule has 1 saturated heterocycles. The number of rotatable bonds is 22. The average Bonchev–Trinajstić information content (AvgIpc) is 3.45. The predicted molar refractivity (Wildman–Crippen MR) is 223 cm³/mol. The van der Waals surface area contributed by atoms with Crippen LogP contribution in [0.3, 0.4) is 0 Å². The van der Waals surface area contributed by atoms with E-state index in [1.807, 2.05) is 12.2 Å². The number of hydrogen-bond donors (Lipinski definition) is 2. The Balaban J connectivity index is 1.36. The van der Waals surface area contributed by atoms with E-state index >= 15 is 0 Å². The van der Waals surface area contributed by atoms with Gasteiger partial charge < -0.3 is 15.2 Å². The van der Waals surface area contributed by atoms with Crippen LogP contribution < -0.4 is 15.0 Å². The molecule has 0 spiro atoms. The lowest BCUT2D eigenvalue weighted by Crippen LogP contribution is -2.31. The number of carbonyl (C=O) groups is 3. The molecule has 0 radical (unpaired) electrons. The molecule has 0 saturated carbocycles. The van der Waals surface area contributed by atoms with E-state index in [0.717, 1.165) is 37.9 Å². The summed E-state index contributed by atoms with van der Waals surface area (Å²) in [5, 5.41) is 15.1. The molecule has 54 heavy (non-hydrogen) atoms. The van der Waals surface area contributed by atoms with Crippen molar-refractivity contribution in [2.75, 3.05) is 18.1 Å². The lowest BCUT2D eigenvalue weighted by Gasteiger charge is -2.30. The highest BCUT2D eigenvalue weighted by molar-refractivity contribution is 6.25. The number of nitrogens with zero attached hydrogens (tertiary/aromatic N) is 1. The average molecular weight is 739 g/mol. The molecule has 1 unspecified atom stereocenters. The molecule has 1 atom stereocenters. The van der Waals surface area contributed by atoms with Crippen molar-refractivity contribution < 1.29 is 24.2 Å². The molecule has 3 aromatic carbocycles. The fourth-order valence-corrected chi connectivity index (χ4v) is 7.12. The molecular weight excluding hydrogens is 673 g/mol. The van der Waals surface area contributed by atoms with Gasteiger partial charge in [0.05, 0.1) is 23.8 Å². The minimum absolute atomic E-state index is 0.0293. The van der Waals surface area contributed by atoms with Gasteiger partial charge >= 0.3 is 0 Å². The third kappa shape index (κ3) is 10.8. The number of hydrogen-bond acceptors (Lipinski definition) is 5. The van der Waals surface area contributed by atoms with Crippen LogP contribution in [0.25, 0.3) is 10.8 Å². The van der Waals surface area contributed by atoms with Gasteiger partial charge in [-0.3, -0.25) is 14.4 Å². The molecule has 1 aliphatic rings. The van der Waals surface area contributed by atoms with E-state index in [4.69, 9.17) is 4.74 Å². The molecule has 3 amide bonds. The standard InChI is InChI=1S/C47H66N2O5/c1-8-11-12-13-14-15-16-17-18-19-24-34-31-42(50)49(45(34)53)40-33-38(43(51)37-26-21-20-25-36(37)40)44(52)48-29-22-23-30-54-41-28-27-35(46(4,5)9-2)32-39(41)47(6,7)10-3/h19-21,24-28,32-34,51H,8-18,22-23,29-31H2,1-7H3,(H,48,52). The number of ether oxygens (including phenoxy) is 1. The summed E-state index contributed by atoms with van der Waals surface area (Å²) in [4.78, 5) is 41.7. The maximum absolute atomic E-state index is 13.6. The van der Waals surface area contributed by atoms with Gasteiger partial charge in [0.1, 0.15) is 11.5 Å². The van der Waals surface area contributed by atoms with E-state index < -0.39 is 11.8 Å². The number of carbonyl (C=O) groups excluding carboxylic acids is 3. The number of unbranched alkanes of at least 4 members (excludes halogenated alkanes) is 9. The number of phenolic OH excluding ortho intramolecular Hbond substituents is 1. The molecule has 0 aromatic heterocycles. The number of imide groups is 1. The quantitative estimate of drug-likeness (QED) is 0.0608. The van der Waals surface area contributed by atoms with Crippen LogP contribution in [0.4, 0.5) is 5.69 Å². The van der Waals surface area contributed by atoms with Crippen LogP contribution in [0.2, 0.25) is 0 Å². The first-order valence-electron chi connectivity index (χ1n) is 20.7. The zero-order valence-electron chi connectivity index (χ0n) is 34.2. The third-order valence-electron chi connectivity index (χ3n) is 11.6. The van der Waals surface area contributed by atoms with E-state index in [9.17, 15) is 19.5 Å². The number of fused-ring (bicyclic) bond motifs is 1. The Hall–Kier alpha value is -4.13. The topological polar surface area (TPSA) is 95.9 Å². The van der Waals surface area contributed by atoms with E-state index in [0.29, 0.717) is 36.0 Å². The Morgan fingerprint density at radius 3 is 2.20 bits per heavy atom. The number of phenols is 1. The molecule has 0 bridgehead atoms. The Kier molecular flexibility index (Phi) is 15.8. The minimum atomic E-state index is -0.538. The van der Waals surface area contributed by atoms with E-state index in [1.165, 1.54) is 67.0 Å². The van der Waals surface area contributed by atoms with Gasteiger partial charge in [-0.2, -0.15) is 0 Å². The molecule has 1 fully saturated rings. The maximum atomic E-state index is 13.6. The maximum Gasteiger partial charge on any atom is 0.255 e. The van der Waals surface area contributed by atoms with Crippen LogP contribution in [0.5, 0.6) is 11.5 Å². The van der Waals surface area contributed by atoms with Crippen LogP contribution in [-0.4, -0.2) is 36.0 Å². The summed E-state index contributed by atoms with van der Waals surface area (Å²) in [6, 6.07) is 15.1. The summed E-state index contributed by atoms with van der Waals surface area (Å²) in [6.45, 7) is 16.6. The van der Waals surface area contributed by atoms with E-state index in [2.05, 4.69) is 72.0 Å². The lowest BCUT2D eigenvalue weighted by atomic mass is 9.76. The van der Waals surface area contributed by atoms with Crippen molar-refractivity contribution in [1.29, 1.82) is 0 Å². The van der Waals surface area contributed by atoms with Crippen LogP contribution in [0, 0.1) is 5.92 Å². The van der Waals surface area contributed by atoms with Crippen molar-refractivity contribution in [3.8, 4) is 11.5 Å². The van der Waals surface area contributed by atoms with Crippen LogP contribution in [0.1, 0.15) is 160 Å². The first kappa shape index (κ1) is 42.6. The van der Waals surface area contributed by atoms with Gasteiger partial charge in [0.15, 0.2) is 0 Å². The number of benzene rings is 3. The Labute approximate surface area is 324 Å². The smallest absolute Gasteiger partial charge is 0.255 e. The normalized spacial score (nSPS) is 15.2. The van der Waals surface area contributed by atoms with Crippen molar-refractivity contribution in [2.45, 2.75) is 149 Å². The van der Waals surface area contributed by atoms with Crippen molar-refractivity contribution in [1.82, 2.24) is 5.32 Å². The molecule has 0 aliphatic carbocycles. The van der Waals surface area contributed by atoms with Crippen LogP contribution in [0.15, 0.2) is 60.7 Å². The van der Waals surface area contributed by atoms with Crippen LogP contribution in [-0.2, 0) is 20.4 Å². The predicted octanol–water partition coefficient (Wildman–Crippen LogP) is 11.5. The fourth-order valence-electron chi connectivity index (χ4n) is 7.12. The zero-order chi connectivity index (χ0) is 39.3. The first-order chi connectivity index (χ1) is 25.9. The molecule has 1 heterocycles.